The summed E-state index contributed by atoms with van der Waals surface area (Å²) in [6.07, 6.45) is 66.8. The Bertz CT molecular complexity index is 908. The van der Waals surface area contributed by atoms with Gasteiger partial charge in [0.1, 0.15) is 0 Å². The van der Waals surface area contributed by atoms with E-state index >= 15 is 0 Å². The molecule has 3 N–H and O–H groups in total. The van der Waals surface area contributed by atoms with Gasteiger partial charge in [-0.3, -0.25) is 4.79 Å². The fraction of sp³-hybridized carbons (Fsp3) is 0.830. The van der Waals surface area contributed by atoms with Crippen molar-refractivity contribution in [3.05, 3.63) is 48.6 Å². The third-order valence-corrected chi connectivity index (χ3v) is 11.5. The number of carbonyl (C=O) groups is 1. The van der Waals surface area contributed by atoms with Crippen LogP contribution in [0, 0.1) is 0 Å². The van der Waals surface area contributed by atoms with Crippen LogP contribution in [0.3, 0.4) is 0 Å². The summed E-state index contributed by atoms with van der Waals surface area (Å²) >= 11 is 0. The van der Waals surface area contributed by atoms with E-state index in [1.165, 1.54) is 205 Å². The molecule has 0 aromatic carbocycles. The summed E-state index contributed by atoms with van der Waals surface area (Å²) in [5, 5.41) is 23.0. The first-order valence-electron chi connectivity index (χ1n) is 25.4. The summed E-state index contributed by atoms with van der Waals surface area (Å²) in [6, 6.07) is -0.640. The molecule has 0 aromatic heterocycles. The molecule has 0 saturated heterocycles. The van der Waals surface area contributed by atoms with Gasteiger partial charge in [0.2, 0.25) is 5.91 Å². The normalized spacial score (nSPS) is 13.3. The highest BCUT2D eigenvalue weighted by molar-refractivity contribution is 5.76. The van der Waals surface area contributed by atoms with Crippen molar-refractivity contribution in [2.75, 3.05) is 6.61 Å². The van der Waals surface area contributed by atoms with Crippen molar-refractivity contribution < 1.29 is 15.0 Å². The summed E-state index contributed by atoms with van der Waals surface area (Å²) in [4.78, 5) is 12.4. The number of carbonyl (C=O) groups excluding carboxylic acids is 1. The molecular formula is C53H99NO3. The van der Waals surface area contributed by atoms with Crippen LogP contribution in [0.5, 0.6) is 0 Å². The van der Waals surface area contributed by atoms with E-state index in [0.29, 0.717) is 6.42 Å². The molecule has 0 aliphatic rings. The van der Waals surface area contributed by atoms with E-state index in [4.69, 9.17) is 0 Å². The molecule has 4 heteroatoms. The molecule has 57 heavy (non-hydrogen) atoms. The number of hydrogen-bond donors (Lipinski definition) is 3. The van der Waals surface area contributed by atoms with Crippen molar-refractivity contribution in [1.82, 2.24) is 5.32 Å². The molecule has 1 amide bonds. The predicted molar refractivity (Wildman–Crippen MR) is 253 cm³/mol. The van der Waals surface area contributed by atoms with Gasteiger partial charge < -0.3 is 15.5 Å². The summed E-state index contributed by atoms with van der Waals surface area (Å²) in [5.41, 5.74) is 0. The highest BCUT2D eigenvalue weighted by atomic mass is 16.3. The minimum absolute atomic E-state index is 0.0738. The molecule has 0 rings (SSSR count). The zero-order chi connectivity index (χ0) is 41.4. The van der Waals surface area contributed by atoms with Crippen LogP contribution >= 0.6 is 0 Å². The Morgan fingerprint density at radius 3 is 1.12 bits per heavy atom. The van der Waals surface area contributed by atoms with E-state index in [2.05, 4.69) is 55.6 Å². The molecule has 2 unspecified atom stereocenters. The number of nitrogens with one attached hydrogen (secondary N) is 1. The van der Waals surface area contributed by atoms with Crippen LogP contribution in [0.25, 0.3) is 0 Å². The number of amides is 1. The fourth-order valence-electron chi connectivity index (χ4n) is 7.64. The maximum Gasteiger partial charge on any atom is 0.220 e. The fourth-order valence-corrected chi connectivity index (χ4v) is 7.64. The molecular weight excluding hydrogens is 699 g/mol. The second-order valence-electron chi connectivity index (χ2n) is 17.2. The first-order chi connectivity index (χ1) is 28.2. The third kappa shape index (κ3) is 45.3. The van der Waals surface area contributed by atoms with E-state index in [1.54, 1.807) is 6.08 Å². The van der Waals surface area contributed by atoms with E-state index in [9.17, 15) is 15.0 Å². The lowest BCUT2D eigenvalue weighted by atomic mass is 10.0. The van der Waals surface area contributed by atoms with Crippen molar-refractivity contribution in [3.8, 4) is 0 Å². The Balaban J connectivity index is 3.53. The van der Waals surface area contributed by atoms with Gasteiger partial charge in [-0.1, -0.05) is 242 Å². The molecule has 0 heterocycles. The Labute approximate surface area is 356 Å². The lowest BCUT2D eigenvalue weighted by Crippen LogP contribution is -2.45. The van der Waals surface area contributed by atoms with Crippen LogP contribution in [0.2, 0.25) is 0 Å². The highest BCUT2D eigenvalue weighted by Crippen LogP contribution is 2.15. The van der Waals surface area contributed by atoms with Crippen molar-refractivity contribution in [1.29, 1.82) is 0 Å². The maximum absolute atomic E-state index is 12.4. The molecule has 0 saturated carbocycles. The summed E-state index contributed by atoms with van der Waals surface area (Å²) in [6.45, 7) is 4.31. The van der Waals surface area contributed by atoms with Crippen molar-refractivity contribution >= 4 is 5.91 Å². The van der Waals surface area contributed by atoms with Gasteiger partial charge in [-0.2, -0.15) is 0 Å². The van der Waals surface area contributed by atoms with Crippen molar-refractivity contribution in [2.24, 2.45) is 0 Å². The maximum atomic E-state index is 12.4. The molecule has 2 atom stereocenters. The molecule has 0 fully saturated rings. The van der Waals surface area contributed by atoms with E-state index in [0.717, 1.165) is 38.5 Å². The van der Waals surface area contributed by atoms with Gasteiger partial charge in [0.05, 0.1) is 18.8 Å². The largest absolute Gasteiger partial charge is 0.394 e. The lowest BCUT2D eigenvalue weighted by Gasteiger charge is -2.19. The summed E-state index contributed by atoms with van der Waals surface area (Å²) in [5.74, 6) is -0.0738. The van der Waals surface area contributed by atoms with Gasteiger partial charge in [-0.05, 0) is 64.2 Å². The number of aliphatic hydroxyl groups excluding tert-OH is 2. The van der Waals surface area contributed by atoms with Gasteiger partial charge >= 0.3 is 0 Å². The van der Waals surface area contributed by atoms with Gasteiger partial charge in [0, 0.05) is 6.42 Å². The second kappa shape index (κ2) is 48.7. The topological polar surface area (TPSA) is 69.6 Å². The average molecular weight is 798 g/mol. The quantitative estimate of drug-likeness (QED) is 0.0424. The minimum atomic E-state index is -0.862. The zero-order valence-electron chi connectivity index (χ0n) is 38.4. The molecule has 0 aliphatic heterocycles. The molecule has 0 radical (unpaired) electrons. The smallest absolute Gasteiger partial charge is 0.220 e. The highest BCUT2D eigenvalue weighted by Gasteiger charge is 2.17. The molecule has 0 aromatic rings. The van der Waals surface area contributed by atoms with E-state index in [1.807, 2.05) is 6.08 Å². The SMILES string of the molecule is CCCCCCCCCCC/C=C\C/C=C\CCCCCCCCCCCCCCCC(=O)NC(CO)C(O)/C=C/CC/C=C/CCCCCCCCCCCC. The van der Waals surface area contributed by atoms with Crippen LogP contribution < -0.4 is 5.32 Å². The molecule has 4 nitrogen and oxygen atoms in total. The minimum Gasteiger partial charge on any atom is -0.394 e. The zero-order valence-corrected chi connectivity index (χ0v) is 38.4. The molecule has 0 aliphatic carbocycles. The Morgan fingerprint density at radius 2 is 0.737 bits per heavy atom. The molecule has 0 bridgehead atoms. The van der Waals surface area contributed by atoms with E-state index < -0.39 is 12.1 Å². The second-order valence-corrected chi connectivity index (χ2v) is 17.2. The van der Waals surface area contributed by atoms with Gasteiger partial charge in [-0.15, -0.1) is 0 Å². The van der Waals surface area contributed by atoms with Crippen LogP contribution in [0.1, 0.15) is 264 Å². The first-order valence-corrected chi connectivity index (χ1v) is 25.4. The number of allylic oxidation sites excluding steroid dienone is 7. The standard InChI is InChI=1S/C53H99NO3/c1-3-5-7-9-11-13-15-17-19-21-22-23-24-25-26-27-28-29-30-31-32-33-35-37-39-41-43-45-47-49-53(57)54-51(50-55)52(56)48-46-44-42-40-38-36-34-20-18-16-14-12-10-8-6-4-2/h22-23,25-26,38,40,46,48,51-52,55-56H,3-21,24,27-37,39,41-45,47,49-50H2,1-2H3,(H,54,57)/b23-22-,26-25-,40-38+,48-46+. The molecule has 334 valence electrons. The molecule has 0 spiro atoms. The van der Waals surface area contributed by atoms with Crippen LogP contribution in [0.4, 0.5) is 0 Å². The summed E-state index contributed by atoms with van der Waals surface area (Å²) in [7, 11) is 0. The number of unbranched alkanes of at least 4 members (excludes halogenated alkanes) is 33. The third-order valence-electron chi connectivity index (χ3n) is 11.5. The Morgan fingerprint density at radius 1 is 0.421 bits per heavy atom. The van der Waals surface area contributed by atoms with Crippen LogP contribution in [0.15, 0.2) is 48.6 Å². The van der Waals surface area contributed by atoms with Gasteiger partial charge in [-0.25, -0.2) is 0 Å². The van der Waals surface area contributed by atoms with Gasteiger partial charge in [0.15, 0.2) is 0 Å². The van der Waals surface area contributed by atoms with E-state index in [-0.39, 0.29) is 12.5 Å². The van der Waals surface area contributed by atoms with Crippen LogP contribution in [-0.2, 0) is 4.79 Å². The Kier molecular flexibility index (Phi) is 47.3. The van der Waals surface area contributed by atoms with Crippen molar-refractivity contribution in [3.63, 3.8) is 0 Å². The number of aliphatic hydroxyl groups is 2. The number of rotatable bonds is 46. The summed E-state index contributed by atoms with van der Waals surface area (Å²) < 4.78 is 0. The van der Waals surface area contributed by atoms with Crippen LogP contribution in [-0.4, -0.2) is 34.9 Å². The van der Waals surface area contributed by atoms with Gasteiger partial charge in [0.25, 0.3) is 0 Å². The lowest BCUT2D eigenvalue weighted by molar-refractivity contribution is -0.123. The first kappa shape index (κ1) is 55.4. The average Bonchev–Trinajstić information content (AvgIpc) is 3.22. The Hall–Kier alpha value is -1.65. The predicted octanol–water partition coefficient (Wildman–Crippen LogP) is 16.3. The number of hydrogen-bond acceptors (Lipinski definition) is 3. The monoisotopic (exact) mass is 798 g/mol. The van der Waals surface area contributed by atoms with Crippen molar-refractivity contribution in [2.45, 2.75) is 276 Å².